The van der Waals surface area contributed by atoms with E-state index in [1.165, 1.54) is 11.1 Å². The van der Waals surface area contributed by atoms with Crippen LogP contribution in [0.3, 0.4) is 0 Å². The molecule has 0 amide bonds. The van der Waals surface area contributed by atoms with E-state index >= 15 is 0 Å². The lowest BCUT2D eigenvalue weighted by molar-refractivity contribution is -0.885. The van der Waals surface area contributed by atoms with E-state index in [0.717, 1.165) is 7.11 Å². The standard InChI is InChI=1S/C8H12NO.CH4O4S/c1-7-4-5-9(10-3)6-8(7)2;1-5-6(2,3)4/h4-6H,1-3H3;1H3,(H,2,3,4)/q+1;/p-1. The van der Waals surface area contributed by atoms with Gasteiger partial charge in [0.1, 0.15) is 7.11 Å². The molecule has 1 rings (SSSR count). The first-order valence-electron chi connectivity index (χ1n) is 4.34. The molecule has 0 saturated carbocycles. The molecule has 6 nitrogen and oxygen atoms in total. The molecule has 1 aromatic heterocycles. The predicted octanol–water partition coefficient (Wildman–Crippen LogP) is -0.258. The van der Waals surface area contributed by atoms with Gasteiger partial charge in [0.2, 0.25) is 22.8 Å². The summed E-state index contributed by atoms with van der Waals surface area (Å²) in [5.41, 5.74) is 2.53. The molecule has 0 aliphatic heterocycles. The van der Waals surface area contributed by atoms with E-state index < -0.39 is 10.4 Å². The highest BCUT2D eigenvalue weighted by Crippen LogP contribution is 1.99. The van der Waals surface area contributed by atoms with Gasteiger partial charge < -0.3 is 4.55 Å². The third-order valence-corrected chi connectivity index (χ3v) is 2.24. The molecule has 0 aromatic carbocycles. The maximum Gasteiger partial charge on any atom is 0.225 e. The number of hydrogen-bond donors (Lipinski definition) is 0. The van der Waals surface area contributed by atoms with Crippen LogP contribution in [0.25, 0.3) is 0 Å². The Bertz CT molecular complexity index is 430. The minimum absolute atomic E-state index is 0.808. The fraction of sp³-hybridized carbons (Fsp3) is 0.444. The van der Waals surface area contributed by atoms with Crippen molar-refractivity contribution < 1.29 is 26.7 Å². The topological polar surface area (TPSA) is 79.5 Å². The molecule has 16 heavy (non-hydrogen) atoms. The number of aromatic nitrogens is 1. The van der Waals surface area contributed by atoms with Gasteiger partial charge in [-0.2, -0.15) is 0 Å². The molecular formula is C9H15NO5S. The number of aryl methyl sites for hydroxylation is 2. The minimum Gasteiger partial charge on any atom is -0.726 e. The Hall–Kier alpha value is -1.18. The summed E-state index contributed by atoms with van der Waals surface area (Å²) in [7, 11) is -1.96. The first-order valence-corrected chi connectivity index (χ1v) is 5.68. The second kappa shape index (κ2) is 6.41. The molecule has 0 aliphatic rings. The zero-order valence-corrected chi connectivity index (χ0v) is 10.4. The smallest absolute Gasteiger partial charge is 0.225 e. The van der Waals surface area contributed by atoms with Gasteiger partial charge in [-0.3, -0.25) is 9.02 Å². The maximum absolute atomic E-state index is 9.22. The van der Waals surface area contributed by atoms with E-state index in [1.54, 1.807) is 11.8 Å². The van der Waals surface area contributed by atoms with Gasteiger partial charge in [-0.15, -0.1) is 0 Å². The highest BCUT2D eigenvalue weighted by atomic mass is 32.3. The van der Waals surface area contributed by atoms with Crippen molar-refractivity contribution in [1.82, 2.24) is 0 Å². The average molecular weight is 249 g/mol. The second-order valence-electron chi connectivity index (χ2n) is 2.93. The third-order valence-electron chi connectivity index (χ3n) is 1.83. The summed E-state index contributed by atoms with van der Waals surface area (Å²) in [6.07, 6.45) is 3.84. The van der Waals surface area contributed by atoms with Crippen molar-refractivity contribution in [2.75, 3.05) is 14.2 Å². The monoisotopic (exact) mass is 249 g/mol. The molecule has 0 radical (unpaired) electrons. The number of pyridine rings is 1. The van der Waals surface area contributed by atoms with Crippen LogP contribution in [0, 0.1) is 13.8 Å². The van der Waals surface area contributed by atoms with Gasteiger partial charge in [-0.05, 0) is 19.4 Å². The number of hydrogen-bond acceptors (Lipinski definition) is 5. The van der Waals surface area contributed by atoms with Crippen LogP contribution in [-0.2, 0) is 14.6 Å². The van der Waals surface area contributed by atoms with Crippen molar-refractivity contribution in [1.29, 1.82) is 0 Å². The first-order chi connectivity index (χ1) is 7.30. The Morgan fingerprint density at radius 1 is 1.25 bits per heavy atom. The molecule has 0 fully saturated rings. The summed E-state index contributed by atoms with van der Waals surface area (Å²) in [6, 6.07) is 2.03. The Labute approximate surface area is 95.3 Å². The minimum atomic E-state index is -4.41. The number of nitrogens with zero attached hydrogens (tertiary/aromatic N) is 1. The lowest BCUT2D eigenvalue weighted by atomic mass is 10.2. The summed E-state index contributed by atoms with van der Waals surface area (Å²) >= 11 is 0. The van der Waals surface area contributed by atoms with E-state index in [2.05, 4.69) is 18.0 Å². The molecule has 0 aliphatic carbocycles. The third kappa shape index (κ3) is 6.33. The van der Waals surface area contributed by atoms with Crippen molar-refractivity contribution in [2.45, 2.75) is 13.8 Å². The van der Waals surface area contributed by atoms with E-state index in [-0.39, 0.29) is 0 Å². The molecular weight excluding hydrogens is 234 g/mol. The maximum atomic E-state index is 9.22. The Kier molecular flexibility index (Phi) is 5.94. The zero-order valence-electron chi connectivity index (χ0n) is 9.63. The highest BCUT2D eigenvalue weighted by molar-refractivity contribution is 7.80. The molecule has 1 aromatic rings. The van der Waals surface area contributed by atoms with Gasteiger partial charge in [-0.25, -0.2) is 8.42 Å². The molecule has 0 unspecified atom stereocenters. The van der Waals surface area contributed by atoms with E-state index in [4.69, 9.17) is 4.84 Å². The second-order valence-corrected chi connectivity index (χ2v) is 4.08. The molecule has 1 heterocycles. The van der Waals surface area contributed by atoms with E-state index in [9.17, 15) is 13.0 Å². The Morgan fingerprint density at radius 2 is 1.75 bits per heavy atom. The summed E-state index contributed by atoms with van der Waals surface area (Å²) in [5, 5.41) is 0. The fourth-order valence-electron chi connectivity index (χ4n) is 0.766. The summed E-state index contributed by atoms with van der Waals surface area (Å²) < 4.78 is 32.7. The van der Waals surface area contributed by atoms with Gasteiger partial charge >= 0.3 is 0 Å². The average Bonchev–Trinajstić information content (AvgIpc) is 2.22. The predicted molar refractivity (Wildman–Crippen MR) is 55.3 cm³/mol. The van der Waals surface area contributed by atoms with Gasteiger partial charge in [-0.1, -0.05) is 0 Å². The molecule has 0 N–H and O–H groups in total. The van der Waals surface area contributed by atoms with Crippen LogP contribution in [0.1, 0.15) is 11.1 Å². The lowest BCUT2D eigenvalue weighted by Gasteiger charge is -1.98. The Balaban J connectivity index is 0.000000325. The van der Waals surface area contributed by atoms with Gasteiger partial charge in [0.25, 0.3) is 0 Å². The van der Waals surface area contributed by atoms with Crippen LogP contribution in [-0.4, -0.2) is 27.2 Å². The summed E-state index contributed by atoms with van der Waals surface area (Å²) in [6.45, 7) is 4.14. The molecule has 7 heteroatoms. The molecule has 92 valence electrons. The van der Waals surface area contributed by atoms with Gasteiger partial charge in [0, 0.05) is 16.4 Å². The fourth-order valence-corrected chi connectivity index (χ4v) is 0.766. The van der Waals surface area contributed by atoms with Crippen LogP contribution in [0.5, 0.6) is 0 Å². The van der Waals surface area contributed by atoms with Crippen LogP contribution in [0.15, 0.2) is 18.5 Å². The largest absolute Gasteiger partial charge is 0.726 e. The molecule has 0 bridgehead atoms. The van der Waals surface area contributed by atoms with Crippen molar-refractivity contribution in [2.24, 2.45) is 0 Å². The van der Waals surface area contributed by atoms with Crippen LogP contribution in [0.2, 0.25) is 0 Å². The quantitative estimate of drug-likeness (QED) is 0.410. The molecule has 0 spiro atoms. The molecule has 0 atom stereocenters. The Morgan fingerprint density at radius 3 is 2.06 bits per heavy atom. The van der Waals surface area contributed by atoms with E-state index in [0.29, 0.717) is 0 Å². The SMILES string of the molecule is COS(=O)(=O)[O-].CO[n+]1ccc(C)c(C)c1. The first kappa shape index (κ1) is 14.8. The normalized spacial score (nSPS) is 10.3. The number of rotatable bonds is 2. The van der Waals surface area contributed by atoms with Crippen LogP contribution in [0.4, 0.5) is 0 Å². The van der Waals surface area contributed by atoms with Crippen molar-refractivity contribution >= 4 is 10.4 Å². The zero-order chi connectivity index (χ0) is 12.8. The van der Waals surface area contributed by atoms with Crippen molar-refractivity contribution in [3.8, 4) is 0 Å². The van der Waals surface area contributed by atoms with Crippen LogP contribution < -0.4 is 9.57 Å². The lowest BCUT2D eigenvalue weighted by Crippen LogP contribution is -2.39. The van der Waals surface area contributed by atoms with Crippen molar-refractivity contribution in [3.63, 3.8) is 0 Å². The summed E-state index contributed by atoms with van der Waals surface area (Å²) in [4.78, 5) is 4.97. The summed E-state index contributed by atoms with van der Waals surface area (Å²) in [5.74, 6) is 0. The van der Waals surface area contributed by atoms with Crippen LogP contribution >= 0.6 is 0 Å². The molecule has 0 saturated heterocycles. The van der Waals surface area contributed by atoms with E-state index in [1.807, 2.05) is 18.5 Å². The van der Waals surface area contributed by atoms with Gasteiger partial charge in [0.15, 0.2) is 0 Å². The van der Waals surface area contributed by atoms with Gasteiger partial charge in [0.05, 0.1) is 7.11 Å². The van der Waals surface area contributed by atoms with Crippen molar-refractivity contribution in [3.05, 3.63) is 29.6 Å². The highest BCUT2D eigenvalue weighted by Gasteiger charge is 2.00.